The molecule has 1 aromatic heterocycles. The maximum atomic E-state index is 11.5. The summed E-state index contributed by atoms with van der Waals surface area (Å²) in [5.41, 5.74) is -0.166. The number of amides is 1. The van der Waals surface area contributed by atoms with Crippen molar-refractivity contribution in [3.63, 3.8) is 0 Å². The van der Waals surface area contributed by atoms with Crippen molar-refractivity contribution in [2.45, 2.75) is 24.8 Å². The molecule has 6 heteroatoms. The summed E-state index contributed by atoms with van der Waals surface area (Å²) >= 11 is 0. The summed E-state index contributed by atoms with van der Waals surface area (Å²) < 4.78 is 0. The van der Waals surface area contributed by atoms with Crippen LogP contribution in [-0.4, -0.2) is 38.6 Å². The zero-order valence-electron chi connectivity index (χ0n) is 7.66. The van der Waals surface area contributed by atoms with Crippen molar-refractivity contribution >= 4 is 5.91 Å². The van der Waals surface area contributed by atoms with Crippen LogP contribution in [0.2, 0.25) is 0 Å². The molecule has 1 amide bonds. The smallest absolute Gasteiger partial charge is 0.273 e. The molecule has 0 spiro atoms. The van der Waals surface area contributed by atoms with Crippen LogP contribution in [0.5, 0.6) is 0 Å². The predicted molar refractivity (Wildman–Crippen MR) is 47.5 cm³/mol. The number of hydrogen-bond donors (Lipinski definition) is 3. The lowest BCUT2D eigenvalue weighted by atomic mass is 9.77. The van der Waals surface area contributed by atoms with Crippen molar-refractivity contribution in [3.05, 3.63) is 11.9 Å². The maximum absolute atomic E-state index is 11.5. The highest BCUT2D eigenvalue weighted by Crippen LogP contribution is 2.31. The van der Waals surface area contributed by atoms with Gasteiger partial charge < -0.3 is 10.4 Å². The Morgan fingerprint density at radius 2 is 2.50 bits per heavy atom. The Bertz CT molecular complexity index is 313. The fourth-order valence-corrected chi connectivity index (χ4v) is 1.54. The quantitative estimate of drug-likeness (QED) is 0.605. The molecule has 0 aromatic carbocycles. The second kappa shape index (κ2) is 3.38. The second-order valence-corrected chi connectivity index (χ2v) is 3.60. The largest absolute Gasteiger partial charge is 0.394 e. The summed E-state index contributed by atoms with van der Waals surface area (Å²) in [4.78, 5) is 11.5. The summed E-state index contributed by atoms with van der Waals surface area (Å²) in [7, 11) is 0. The number of aliphatic hydroxyl groups excluding tert-OH is 1. The first-order valence-electron chi connectivity index (χ1n) is 4.55. The minimum absolute atomic E-state index is 0.0173. The van der Waals surface area contributed by atoms with Gasteiger partial charge in [-0.3, -0.25) is 4.79 Å². The van der Waals surface area contributed by atoms with Gasteiger partial charge in [0.2, 0.25) is 0 Å². The van der Waals surface area contributed by atoms with E-state index < -0.39 is 5.54 Å². The van der Waals surface area contributed by atoms with Crippen LogP contribution < -0.4 is 5.32 Å². The zero-order chi connectivity index (χ0) is 10.0. The lowest BCUT2D eigenvalue weighted by Crippen LogP contribution is -2.56. The van der Waals surface area contributed by atoms with Crippen molar-refractivity contribution in [3.8, 4) is 0 Å². The van der Waals surface area contributed by atoms with Crippen LogP contribution in [0.25, 0.3) is 0 Å². The Labute approximate surface area is 80.7 Å². The third kappa shape index (κ3) is 1.48. The number of carbonyl (C=O) groups excluding carboxylic acids is 1. The Balaban J connectivity index is 2.01. The number of nitrogens with one attached hydrogen (secondary N) is 2. The molecule has 3 N–H and O–H groups in total. The molecule has 76 valence electrons. The first kappa shape index (κ1) is 9.14. The molecule has 0 aliphatic heterocycles. The van der Waals surface area contributed by atoms with Crippen LogP contribution in [0.1, 0.15) is 29.8 Å². The van der Waals surface area contributed by atoms with Gasteiger partial charge in [0.1, 0.15) is 0 Å². The molecule has 0 radical (unpaired) electrons. The van der Waals surface area contributed by atoms with Crippen LogP contribution in [0.3, 0.4) is 0 Å². The van der Waals surface area contributed by atoms with Gasteiger partial charge in [0.05, 0.1) is 18.3 Å². The summed E-state index contributed by atoms with van der Waals surface area (Å²) in [5, 5.41) is 21.5. The van der Waals surface area contributed by atoms with Gasteiger partial charge in [-0.1, -0.05) is 0 Å². The van der Waals surface area contributed by atoms with E-state index in [4.69, 9.17) is 5.11 Å². The van der Waals surface area contributed by atoms with Crippen LogP contribution in [-0.2, 0) is 0 Å². The molecule has 14 heavy (non-hydrogen) atoms. The summed E-state index contributed by atoms with van der Waals surface area (Å²) in [6.07, 6.45) is 4.05. The minimum atomic E-state index is -0.421. The van der Waals surface area contributed by atoms with Gasteiger partial charge in [0, 0.05) is 0 Å². The average Bonchev–Trinajstić information content (AvgIpc) is 2.63. The van der Waals surface area contributed by atoms with Gasteiger partial charge in [0.15, 0.2) is 5.69 Å². The fraction of sp³-hybridized carbons (Fsp3) is 0.625. The molecule has 0 unspecified atom stereocenters. The highest BCUT2D eigenvalue weighted by molar-refractivity contribution is 5.92. The monoisotopic (exact) mass is 196 g/mol. The molecular weight excluding hydrogens is 184 g/mol. The summed E-state index contributed by atoms with van der Waals surface area (Å²) in [6.45, 7) is -0.0173. The number of aromatic nitrogens is 3. The van der Waals surface area contributed by atoms with Crippen LogP contribution in [0.4, 0.5) is 0 Å². The topological polar surface area (TPSA) is 90.9 Å². The molecule has 1 saturated carbocycles. The van der Waals surface area contributed by atoms with Gasteiger partial charge in [0.25, 0.3) is 5.91 Å². The molecule has 2 rings (SSSR count). The summed E-state index contributed by atoms with van der Waals surface area (Å²) in [5.74, 6) is -0.285. The molecule has 6 nitrogen and oxygen atoms in total. The average molecular weight is 196 g/mol. The standard InChI is InChI=1S/C8H12N4O2/c13-5-8(2-1-3-8)10-7(14)6-4-9-12-11-6/h4,13H,1-3,5H2,(H,10,14)(H,9,11,12). The molecule has 1 heterocycles. The third-order valence-corrected chi connectivity index (χ3v) is 2.64. The molecule has 0 saturated heterocycles. The minimum Gasteiger partial charge on any atom is -0.394 e. The number of rotatable bonds is 3. The highest BCUT2D eigenvalue weighted by atomic mass is 16.3. The lowest BCUT2D eigenvalue weighted by Gasteiger charge is -2.40. The number of carbonyl (C=O) groups is 1. The van der Waals surface area contributed by atoms with Gasteiger partial charge in [-0.2, -0.15) is 15.4 Å². The highest BCUT2D eigenvalue weighted by Gasteiger charge is 2.38. The van der Waals surface area contributed by atoms with E-state index in [2.05, 4.69) is 20.7 Å². The van der Waals surface area contributed by atoms with Gasteiger partial charge in [-0.25, -0.2) is 0 Å². The molecular formula is C8H12N4O2. The fourth-order valence-electron chi connectivity index (χ4n) is 1.54. The molecule has 1 fully saturated rings. The molecule has 0 bridgehead atoms. The molecule has 1 aromatic rings. The molecule has 1 aliphatic rings. The lowest BCUT2D eigenvalue weighted by molar-refractivity contribution is 0.0637. The van der Waals surface area contributed by atoms with Crippen LogP contribution >= 0.6 is 0 Å². The Morgan fingerprint density at radius 3 is 2.93 bits per heavy atom. The van der Waals surface area contributed by atoms with Crippen molar-refractivity contribution < 1.29 is 9.90 Å². The van der Waals surface area contributed by atoms with Gasteiger partial charge >= 0.3 is 0 Å². The first-order chi connectivity index (χ1) is 6.76. The number of aromatic amines is 1. The molecule has 1 aliphatic carbocycles. The maximum Gasteiger partial charge on any atom is 0.273 e. The SMILES string of the molecule is O=C(NC1(CO)CCC1)c1cn[nH]n1. The Hall–Kier alpha value is -1.43. The van der Waals surface area contributed by atoms with Crippen molar-refractivity contribution in [2.75, 3.05) is 6.61 Å². The zero-order valence-corrected chi connectivity index (χ0v) is 7.66. The van der Waals surface area contributed by atoms with Gasteiger partial charge in [-0.15, -0.1) is 0 Å². The van der Waals surface area contributed by atoms with E-state index >= 15 is 0 Å². The number of hydrogen-bond acceptors (Lipinski definition) is 4. The third-order valence-electron chi connectivity index (χ3n) is 2.64. The molecule has 0 atom stereocenters. The van der Waals surface area contributed by atoms with E-state index in [0.29, 0.717) is 0 Å². The van der Waals surface area contributed by atoms with Gasteiger partial charge in [-0.05, 0) is 19.3 Å². The Morgan fingerprint density at radius 1 is 1.71 bits per heavy atom. The summed E-state index contributed by atoms with van der Waals surface area (Å²) in [6, 6.07) is 0. The second-order valence-electron chi connectivity index (χ2n) is 3.60. The van der Waals surface area contributed by atoms with Crippen molar-refractivity contribution in [1.29, 1.82) is 0 Å². The van der Waals surface area contributed by atoms with E-state index in [1.54, 1.807) is 0 Å². The van der Waals surface area contributed by atoms with E-state index in [9.17, 15) is 4.79 Å². The van der Waals surface area contributed by atoms with E-state index in [1.165, 1.54) is 6.20 Å². The Kier molecular flexibility index (Phi) is 2.20. The van der Waals surface area contributed by atoms with Crippen molar-refractivity contribution in [1.82, 2.24) is 20.7 Å². The van der Waals surface area contributed by atoms with E-state index in [1.807, 2.05) is 0 Å². The van der Waals surface area contributed by atoms with E-state index in [-0.39, 0.29) is 18.2 Å². The number of nitrogens with zero attached hydrogens (tertiary/aromatic N) is 2. The van der Waals surface area contributed by atoms with Crippen LogP contribution in [0, 0.1) is 0 Å². The first-order valence-corrected chi connectivity index (χ1v) is 4.55. The normalized spacial score (nSPS) is 18.6. The van der Waals surface area contributed by atoms with Crippen LogP contribution in [0.15, 0.2) is 6.20 Å². The number of H-pyrrole nitrogens is 1. The number of aliphatic hydroxyl groups is 1. The van der Waals surface area contributed by atoms with Crippen molar-refractivity contribution in [2.24, 2.45) is 0 Å². The predicted octanol–water partition coefficient (Wildman–Crippen LogP) is -0.551. The van der Waals surface area contributed by atoms with E-state index in [0.717, 1.165) is 19.3 Å².